The first-order chi connectivity index (χ1) is 10.6. The number of carbonyl (C=O) groups is 1. The lowest BCUT2D eigenvalue weighted by molar-refractivity contribution is 0.102. The molecule has 0 radical (unpaired) electrons. The van der Waals surface area contributed by atoms with E-state index in [2.05, 4.69) is 5.32 Å². The van der Waals surface area contributed by atoms with Crippen molar-refractivity contribution in [2.75, 3.05) is 5.32 Å². The molecule has 0 aliphatic rings. The molecule has 3 rings (SSSR count). The van der Waals surface area contributed by atoms with Gasteiger partial charge in [0.15, 0.2) is 3.77 Å². The van der Waals surface area contributed by atoms with Gasteiger partial charge in [-0.2, -0.15) is 0 Å². The van der Waals surface area contributed by atoms with Crippen LogP contribution in [0.4, 0.5) is 5.69 Å². The number of carbonyl (C=O) groups excluding carboxylic acids is 1. The van der Waals surface area contributed by atoms with Crippen LogP contribution in [0, 0.1) is 3.77 Å². The second-order valence-electron chi connectivity index (χ2n) is 4.61. The van der Waals surface area contributed by atoms with E-state index in [0.717, 1.165) is 16.8 Å². The topological polar surface area (TPSA) is 42.2 Å². The molecule has 110 valence electrons. The lowest BCUT2D eigenvalue weighted by Gasteiger charge is -2.11. The smallest absolute Gasteiger partial charge is 0.260 e. The van der Waals surface area contributed by atoms with Crippen LogP contribution in [0.5, 0.6) is 0 Å². The van der Waals surface area contributed by atoms with Crippen LogP contribution >= 0.6 is 34.2 Å². The lowest BCUT2D eigenvalue weighted by atomic mass is 10.0. The van der Waals surface area contributed by atoms with Crippen LogP contribution in [-0.2, 0) is 0 Å². The number of benzene rings is 2. The number of furan rings is 1. The summed E-state index contributed by atoms with van der Waals surface area (Å²) in [6.45, 7) is 0. The fourth-order valence-corrected chi connectivity index (χ4v) is 2.82. The van der Waals surface area contributed by atoms with Gasteiger partial charge >= 0.3 is 0 Å². The average molecular weight is 424 g/mol. The SMILES string of the molecule is O=C(Nc1ccccc1-c1ccc(Cl)cc1)c1ccoc1I. The molecule has 3 nitrogen and oxygen atoms in total. The van der Waals surface area contributed by atoms with E-state index in [-0.39, 0.29) is 5.91 Å². The number of para-hydroxylation sites is 1. The Kier molecular flexibility index (Phi) is 4.49. The van der Waals surface area contributed by atoms with Crippen LogP contribution in [0.25, 0.3) is 11.1 Å². The third kappa shape index (κ3) is 3.18. The fourth-order valence-electron chi connectivity index (χ4n) is 2.12. The molecule has 0 spiro atoms. The summed E-state index contributed by atoms with van der Waals surface area (Å²) < 4.78 is 5.73. The van der Waals surface area contributed by atoms with E-state index < -0.39 is 0 Å². The van der Waals surface area contributed by atoms with Gasteiger partial charge < -0.3 is 9.73 Å². The Morgan fingerprint density at radius 1 is 1.05 bits per heavy atom. The molecule has 3 aromatic rings. The van der Waals surface area contributed by atoms with Crippen molar-refractivity contribution in [2.24, 2.45) is 0 Å². The molecular formula is C17H11ClINO2. The highest BCUT2D eigenvalue weighted by molar-refractivity contribution is 14.1. The molecule has 0 saturated carbocycles. The van der Waals surface area contributed by atoms with Crippen molar-refractivity contribution in [3.8, 4) is 11.1 Å². The molecule has 1 heterocycles. The number of hydrogen-bond acceptors (Lipinski definition) is 2. The standard InChI is InChI=1S/C17H11ClINO2/c18-12-7-5-11(6-8-12)13-3-1-2-4-15(13)20-17(21)14-9-10-22-16(14)19/h1-10H,(H,20,21). The summed E-state index contributed by atoms with van der Waals surface area (Å²) in [5.74, 6) is -0.195. The summed E-state index contributed by atoms with van der Waals surface area (Å²) in [6.07, 6.45) is 1.50. The Morgan fingerprint density at radius 2 is 1.77 bits per heavy atom. The van der Waals surface area contributed by atoms with E-state index in [4.69, 9.17) is 16.0 Å². The summed E-state index contributed by atoms with van der Waals surface area (Å²) in [5, 5.41) is 3.61. The van der Waals surface area contributed by atoms with Crippen molar-refractivity contribution < 1.29 is 9.21 Å². The highest BCUT2D eigenvalue weighted by atomic mass is 127. The molecule has 0 unspecified atom stereocenters. The minimum atomic E-state index is -0.195. The lowest BCUT2D eigenvalue weighted by Crippen LogP contribution is -2.12. The fraction of sp³-hybridized carbons (Fsp3) is 0. The average Bonchev–Trinajstić information content (AvgIpc) is 2.95. The molecule has 0 atom stereocenters. The highest BCUT2D eigenvalue weighted by Gasteiger charge is 2.14. The van der Waals surface area contributed by atoms with E-state index in [0.29, 0.717) is 14.4 Å². The Bertz CT molecular complexity index is 812. The molecule has 0 aliphatic carbocycles. The zero-order chi connectivity index (χ0) is 15.5. The van der Waals surface area contributed by atoms with Crippen LogP contribution < -0.4 is 5.32 Å². The maximum Gasteiger partial charge on any atom is 0.260 e. The highest BCUT2D eigenvalue weighted by Crippen LogP contribution is 2.29. The monoisotopic (exact) mass is 423 g/mol. The first kappa shape index (κ1) is 15.1. The summed E-state index contributed by atoms with van der Waals surface area (Å²) in [5.41, 5.74) is 3.19. The van der Waals surface area contributed by atoms with Crippen molar-refractivity contribution in [3.63, 3.8) is 0 Å². The molecule has 22 heavy (non-hydrogen) atoms. The minimum Gasteiger partial charge on any atom is -0.458 e. The van der Waals surface area contributed by atoms with Gasteiger partial charge in [-0.1, -0.05) is 41.9 Å². The van der Waals surface area contributed by atoms with Gasteiger partial charge in [-0.3, -0.25) is 4.79 Å². The van der Waals surface area contributed by atoms with Crippen LogP contribution in [0.15, 0.2) is 65.3 Å². The van der Waals surface area contributed by atoms with Crippen molar-refractivity contribution in [1.29, 1.82) is 0 Å². The number of anilines is 1. The molecule has 1 aromatic heterocycles. The largest absolute Gasteiger partial charge is 0.458 e. The van der Waals surface area contributed by atoms with Crippen LogP contribution in [0.2, 0.25) is 5.02 Å². The molecule has 1 N–H and O–H groups in total. The van der Waals surface area contributed by atoms with E-state index in [1.165, 1.54) is 6.26 Å². The third-order valence-electron chi connectivity index (χ3n) is 3.19. The first-order valence-corrected chi connectivity index (χ1v) is 8.00. The van der Waals surface area contributed by atoms with Crippen molar-refractivity contribution in [3.05, 3.63) is 75.2 Å². The second-order valence-corrected chi connectivity index (χ2v) is 6.03. The predicted molar refractivity (Wildman–Crippen MR) is 96.3 cm³/mol. The Balaban J connectivity index is 1.93. The molecule has 1 amide bonds. The number of rotatable bonds is 3. The van der Waals surface area contributed by atoms with E-state index in [1.807, 2.05) is 71.1 Å². The molecule has 0 saturated heterocycles. The Labute approximate surface area is 146 Å². The van der Waals surface area contributed by atoms with Gasteiger partial charge in [0, 0.05) is 38.9 Å². The van der Waals surface area contributed by atoms with Gasteiger partial charge in [-0.05, 0) is 29.8 Å². The molecule has 0 fully saturated rings. The number of nitrogens with one attached hydrogen (secondary N) is 1. The maximum atomic E-state index is 12.3. The molecule has 0 aliphatic heterocycles. The zero-order valence-corrected chi connectivity index (χ0v) is 14.3. The number of halogens is 2. The summed E-state index contributed by atoms with van der Waals surface area (Å²) >= 11 is 7.92. The van der Waals surface area contributed by atoms with Crippen LogP contribution in [-0.4, -0.2) is 5.91 Å². The van der Waals surface area contributed by atoms with Crippen molar-refractivity contribution in [1.82, 2.24) is 0 Å². The molecule has 5 heteroatoms. The van der Waals surface area contributed by atoms with Gasteiger partial charge in [-0.15, -0.1) is 0 Å². The van der Waals surface area contributed by atoms with Gasteiger partial charge in [0.2, 0.25) is 0 Å². The van der Waals surface area contributed by atoms with Gasteiger partial charge in [-0.25, -0.2) is 0 Å². The van der Waals surface area contributed by atoms with E-state index in [9.17, 15) is 4.79 Å². The number of amides is 1. The van der Waals surface area contributed by atoms with Crippen molar-refractivity contribution >= 4 is 45.8 Å². The second kappa shape index (κ2) is 6.54. The summed E-state index contributed by atoms with van der Waals surface area (Å²) in [6, 6.07) is 16.8. The summed E-state index contributed by atoms with van der Waals surface area (Å²) in [4.78, 5) is 12.3. The van der Waals surface area contributed by atoms with Gasteiger partial charge in [0.25, 0.3) is 5.91 Å². The predicted octanol–water partition coefficient (Wildman–Crippen LogP) is 5.46. The Hall–Kier alpha value is -1.79. The first-order valence-electron chi connectivity index (χ1n) is 6.54. The maximum absolute atomic E-state index is 12.3. The zero-order valence-electron chi connectivity index (χ0n) is 11.3. The van der Waals surface area contributed by atoms with Crippen LogP contribution in [0.3, 0.4) is 0 Å². The van der Waals surface area contributed by atoms with Crippen LogP contribution in [0.1, 0.15) is 10.4 Å². The molecule has 0 bridgehead atoms. The third-order valence-corrected chi connectivity index (χ3v) is 4.28. The Morgan fingerprint density at radius 3 is 2.45 bits per heavy atom. The normalized spacial score (nSPS) is 10.5. The molecular weight excluding hydrogens is 413 g/mol. The minimum absolute atomic E-state index is 0.195. The van der Waals surface area contributed by atoms with Crippen molar-refractivity contribution in [2.45, 2.75) is 0 Å². The quantitative estimate of drug-likeness (QED) is 0.569. The molecule has 2 aromatic carbocycles. The summed E-state index contributed by atoms with van der Waals surface area (Å²) in [7, 11) is 0. The van der Waals surface area contributed by atoms with Gasteiger partial charge in [0.1, 0.15) is 0 Å². The van der Waals surface area contributed by atoms with Gasteiger partial charge in [0.05, 0.1) is 11.8 Å². The van der Waals surface area contributed by atoms with E-state index in [1.54, 1.807) is 6.07 Å². The number of hydrogen-bond donors (Lipinski definition) is 1. The van der Waals surface area contributed by atoms with E-state index >= 15 is 0 Å².